The van der Waals surface area contributed by atoms with E-state index in [2.05, 4.69) is 20.9 Å². The summed E-state index contributed by atoms with van der Waals surface area (Å²) in [6, 6.07) is 5.79. The van der Waals surface area contributed by atoms with Crippen molar-refractivity contribution in [3.8, 4) is 5.75 Å². The Kier molecular flexibility index (Phi) is 4.04. The third-order valence-electron chi connectivity index (χ3n) is 2.84. The number of aliphatic hydroxyl groups is 1. The van der Waals surface area contributed by atoms with Gasteiger partial charge >= 0.3 is 0 Å². The lowest BCUT2D eigenvalue weighted by Gasteiger charge is -2.12. The fourth-order valence-electron chi connectivity index (χ4n) is 1.85. The van der Waals surface area contributed by atoms with Crippen LogP contribution in [0.25, 0.3) is 0 Å². The third-order valence-corrected chi connectivity index (χ3v) is 3.46. The number of ether oxygens (including phenoxy) is 1. The van der Waals surface area contributed by atoms with Crippen molar-refractivity contribution in [2.24, 2.45) is 7.05 Å². The molecule has 0 fully saturated rings. The normalized spacial score (nSPS) is 12.4. The molecule has 0 radical (unpaired) electrons. The van der Waals surface area contributed by atoms with Crippen LogP contribution in [0, 0.1) is 0 Å². The molecule has 0 amide bonds. The van der Waals surface area contributed by atoms with E-state index in [-0.39, 0.29) is 0 Å². The summed E-state index contributed by atoms with van der Waals surface area (Å²) in [5.74, 6) is 0.786. The lowest BCUT2D eigenvalue weighted by atomic mass is 10.1. The molecule has 0 spiro atoms. The molecule has 1 aromatic heterocycles. The molecule has 0 saturated heterocycles. The molecule has 0 aliphatic rings. The first-order valence-corrected chi connectivity index (χ1v) is 6.38. The summed E-state index contributed by atoms with van der Waals surface area (Å²) in [4.78, 5) is 4.00. The SMILES string of the molecule is COc1ccc(CC(O)c2cncn2C)cc1Br. The van der Waals surface area contributed by atoms with Crippen molar-refractivity contribution in [3.63, 3.8) is 0 Å². The molecule has 1 atom stereocenters. The Bertz CT molecular complexity index is 540. The number of benzene rings is 1. The van der Waals surface area contributed by atoms with Crippen LogP contribution >= 0.6 is 15.9 Å². The molecule has 0 saturated carbocycles. The number of nitrogens with zero attached hydrogens (tertiary/aromatic N) is 2. The van der Waals surface area contributed by atoms with Gasteiger partial charge in [-0.15, -0.1) is 0 Å². The van der Waals surface area contributed by atoms with Gasteiger partial charge in [0.25, 0.3) is 0 Å². The third kappa shape index (κ3) is 2.73. The fourth-order valence-corrected chi connectivity index (χ4v) is 2.44. The van der Waals surface area contributed by atoms with E-state index >= 15 is 0 Å². The van der Waals surface area contributed by atoms with Gasteiger partial charge in [0.2, 0.25) is 0 Å². The molecule has 18 heavy (non-hydrogen) atoms. The van der Waals surface area contributed by atoms with Crippen LogP contribution in [-0.4, -0.2) is 21.8 Å². The van der Waals surface area contributed by atoms with Crippen molar-refractivity contribution in [1.82, 2.24) is 9.55 Å². The molecule has 1 aromatic carbocycles. The van der Waals surface area contributed by atoms with Crippen LogP contribution in [-0.2, 0) is 13.5 Å². The number of methoxy groups -OCH3 is 1. The summed E-state index contributed by atoms with van der Waals surface area (Å²) in [5, 5.41) is 10.2. The highest BCUT2D eigenvalue weighted by Crippen LogP contribution is 2.27. The predicted octanol–water partition coefficient (Wildman–Crippen LogP) is 2.47. The molecule has 1 unspecified atom stereocenters. The number of aromatic nitrogens is 2. The number of aliphatic hydroxyl groups excluding tert-OH is 1. The van der Waals surface area contributed by atoms with Crippen molar-refractivity contribution in [2.75, 3.05) is 7.11 Å². The molecule has 1 N–H and O–H groups in total. The first kappa shape index (κ1) is 13.1. The van der Waals surface area contributed by atoms with Crippen molar-refractivity contribution in [3.05, 3.63) is 46.5 Å². The molecule has 0 bridgehead atoms. The first-order chi connectivity index (χ1) is 8.61. The number of imidazole rings is 1. The van der Waals surface area contributed by atoms with Gasteiger partial charge in [-0.2, -0.15) is 0 Å². The van der Waals surface area contributed by atoms with Gasteiger partial charge in [-0.05, 0) is 33.6 Å². The highest BCUT2D eigenvalue weighted by Gasteiger charge is 2.13. The smallest absolute Gasteiger partial charge is 0.133 e. The molecule has 96 valence electrons. The van der Waals surface area contributed by atoms with Gasteiger partial charge in [-0.25, -0.2) is 4.98 Å². The second kappa shape index (κ2) is 5.54. The minimum atomic E-state index is -0.558. The second-order valence-corrected chi connectivity index (χ2v) is 4.97. The molecule has 2 aromatic rings. The number of aryl methyl sites for hydroxylation is 1. The quantitative estimate of drug-likeness (QED) is 0.943. The van der Waals surface area contributed by atoms with Crippen LogP contribution in [0.15, 0.2) is 35.2 Å². The number of rotatable bonds is 4. The van der Waals surface area contributed by atoms with Crippen LogP contribution in [0.5, 0.6) is 5.75 Å². The van der Waals surface area contributed by atoms with Gasteiger partial charge in [0.15, 0.2) is 0 Å². The summed E-state index contributed by atoms with van der Waals surface area (Å²) >= 11 is 3.44. The van der Waals surface area contributed by atoms with Crippen LogP contribution in [0.4, 0.5) is 0 Å². The Morgan fingerprint density at radius 2 is 2.28 bits per heavy atom. The van der Waals surface area contributed by atoms with Gasteiger partial charge in [0, 0.05) is 13.5 Å². The van der Waals surface area contributed by atoms with Gasteiger partial charge < -0.3 is 14.4 Å². The monoisotopic (exact) mass is 310 g/mol. The maximum atomic E-state index is 10.2. The Balaban J connectivity index is 2.15. The van der Waals surface area contributed by atoms with Crippen LogP contribution in [0.3, 0.4) is 0 Å². The van der Waals surface area contributed by atoms with Crippen molar-refractivity contribution >= 4 is 15.9 Å². The van der Waals surface area contributed by atoms with E-state index in [4.69, 9.17) is 4.74 Å². The van der Waals surface area contributed by atoms with Gasteiger partial charge in [-0.1, -0.05) is 6.07 Å². The first-order valence-electron chi connectivity index (χ1n) is 5.58. The zero-order valence-corrected chi connectivity index (χ0v) is 11.9. The predicted molar refractivity (Wildman–Crippen MR) is 72.6 cm³/mol. The van der Waals surface area contributed by atoms with Crippen LogP contribution < -0.4 is 4.74 Å². The summed E-state index contributed by atoms with van der Waals surface area (Å²) in [6.45, 7) is 0. The lowest BCUT2D eigenvalue weighted by Crippen LogP contribution is -2.06. The largest absolute Gasteiger partial charge is 0.496 e. The Morgan fingerprint density at radius 1 is 1.50 bits per heavy atom. The zero-order valence-electron chi connectivity index (χ0n) is 10.3. The highest BCUT2D eigenvalue weighted by molar-refractivity contribution is 9.10. The Labute approximate surface area is 114 Å². The molecule has 5 heteroatoms. The van der Waals surface area contributed by atoms with E-state index in [0.29, 0.717) is 6.42 Å². The van der Waals surface area contributed by atoms with E-state index in [1.165, 1.54) is 0 Å². The maximum Gasteiger partial charge on any atom is 0.133 e. The van der Waals surface area contributed by atoms with Crippen LogP contribution in [0.2, 0.25) is 0 Å². The summed E-state index contributed by atoms with van der Waals surface area (Å²) in [5.41, 5.74) is 1.85. The Morgan fingerprint density at radius 3 is 2.83 bits per heavy atom. The van der Waals surface area contributed by atoms with E-state index in [1.807, 2.05) is 29.8 Å². The van der Waals surface area contributed by atoms with Crippen molar-refractivity contribution in [1.29, 1.82) is 0 Å². The summed E-state index contributed by atoms with van der Waals surface area (Å²) in [6.07, 6.45) is 3.35. The molecule has 0 aliphatic carbocycles. The van der Waals surface area contributed by atoms with E-state index in [9.17, 15) is 5.11 Å². The average Bonchev–Trinajstić information content (AvgIpc) is 2.76. The number of halogens is 1. The van der Waals surface area contributed by atoms with Gasteiger partial charge in [0.1, 0.15) is 5.75 Å². The molecule has 0 aliphatic heterocycles. The molecular formula is C13H15BrN2O2. The molecule has 1 heterocycles. The van der Waals surface area contributed by atoms with Crippen molar-refractivity contribution in [2.45, 2.75) is 12.5 Å². The van der Waals surface area contributed by atoms with Gasteiger partial charge in [-0.3, -0.25) is 0 Å². The fraction of sp³-hybridized carbons (Fsp3) is 0.308. The van der Waals surface area contributed by atoms with E-state index in [1.54, 1.807) is 19.6 Å². The van der Waals surface area contributed by atoms with E-state index in [0.717, 1.165) is 21.5 Å². The highest BCUT2D eigenvalue weighted by atomic mass is 79.9. The average molecular weight is 311 g/mol. The van der Waals surface area contributed by atoms with Gasteiger partial charge in [0.05, 0.1) is 35.9 Å². The molecule has 4 nitrogen and oxygen atoms in total. The van der Waals surface area contributed by atoms with Crippen molar-refractivity contribution < 1.29 is 9.84 Å². The number of hydrogen-bond donors (Lipinski definition) is 1. The summed E-state index contributed by atoms with van der Waals surface area (Å²) < 4.78 is 7.88. The Hall–Kier alpha value is -1.33. The minimum Gasteiger partial charge on any atom is -0.496 e. The van der Waals surface area contributed by atoms with Crippen LogP contribution in [0.1, 0.15) is 17.4 Å². The summed E-state index contributed by atoms with van der Waals surface area (Å²) in [7, 11) is 3.50. The topological polar surface area (TPSA) is 47.3 Å². The van der Waals surface area contributed by atoms with E-state index < -0.39 is 6.10 Å². The maximum absolute atomic E-state index is 10.2. The number of hydrogen-bond acceptors (Lipinski definition) is 3. The zero-order chi connectivity index (χ0) is 13.1. The second-order valence-electron chi connectivity index (χ2n) is 4.12. The molecule has 2 rings (SSSR count). The molecular weight excluding hydrogens is 296 g/mol. The minimum absolute atomic E-state index is 0.544. The standard InChI is InChI=1S/C13H15BrN2O2/c1-16-8-15-7-11(16)12(17)6-9-3-4-13(18-2)10(14)5-9/h3-5,7-8,12,17H,6H2,1-2H3. The lowest BCUT2D eigenvalue weighted by molar-refractivity contribution is 0.170.